The summed E-state index contributed by atoms with van der Waals surface area (Å²) in [5, 5.41) is 15.7. The van der Waals surface area contributed by atoms with Crippen molar-refractivity contribution in [3.05, 3.63) is 42.1 Å². The van der Waals surface area contributed by atoms with E-state index in [-0.39, 0.29) is 0 Å². The highest BCUT2D eigenvalue weighted by Crippen LogP contribution is 2.27. The summed E-state index contributed by atoms with van der Waals surface area (Å²) in [7, 11) is 0. The molecule has 4 nitrogen and oxygen atoms in total. The highest BCUT2D eigenvalue weighted by molar-refractivity contribution is 5.59. The number of hydrogen-bond donors (Lipinski definition) is 2. The first-order valence-electron chi connectivity index (χ1n) is 6.29. The summed E-state index contributed by atoms with van der Waals surface area (Å²) in [4.78, 5) is 1.99. The first-order valence-corrected chi connectivity index (χ1v) is 6.29. The molecule has 0 amide bonds. The lowest BCUT2D eigenvalue weighted by Crippen LogP contribution is -2.60. The highest BCUT2D eigenvalue weighted by atomic mass is 19.1. The van der Waals surface area contributed by atoms with Crippen molar-refractivity contribution in [3.63, 3.8) is 0 Å². The van der Waals surface area contributed by atoms with E-state index in [2.05, 4.69) is 16.3 Å². The molecule has 0 radical (unpaired) electrons. The molecule has 1 aromatic carbocycles. The van der Waals surface area contributed by atoms with E-state index in [1.54, 1.807) is 6.20 Å². The standard InChI is InChI=1S/C14H16FN3O/c15-14(10-19)8-18(9-14)7-11-2-1-3-12(6-11)13-4-5-16-17-13/h1-6,19H,7-10H2,(H,16,17). The van der Waals surface area contributed by atoms with Crippen molar-refractivity contribution in [2.24, 2.45) is 0 Å². The molecule has 19 heavy (non-hydrogen) atoms. The predicted octanol–water partition coefficient (Wildman–Crippen LogP) is 1.59. The van der Waals surface area contributed by atoms with Gasteiger partial charge in [0.15, 0.2) is 5.67 Å². The Hall–Kier alpha value is -1.72. The van der Waals surface area contributed by atoms with E-state index in [1.807, 2.05) is 29.2 Å². The number of alkyl halides is 1. The Labute approximate surface area is 110 Å². The number of aliphatic hydroxyl groups is 1. The van der Waals surface area contributed by atoms with Gasteiger partial charge in [0.1, 0.15) is 0 Å². The van der Waals surface area contributed by atoms with Crippen molar-refractivity contribution in [2.45, 2.75) is 12.2 Å². The second-order valence-electron chi connectivity index (χ2n) is 5.12. The fourth-order valence-electron chi connectivity index (χ4n) is 2.48. The third-order valence-electron chi connectivity index (χ3n) is 3.44. The lowest BCUT2D eigenvalue weighted by atomic mass is 9.96. The minimum absolute atomic E-state index is 0.303. The van der Waals surface area contributed by atoms with Crippen LogP contribution in [-0.4, -0.2) is 45.6 Å². The van der Waals surface area contributed by atoms with Gasteiger partial charge in [-0.25, -0.2) is 4.39 Å². The fourth-order valence-corrected chi connectivity index (χ4v) is 2.48. The molecule has 2 aromatic rings. The number of hydrogen-bond acceptors (Lipinski definition) is 3. The van der Waals surface area contributed by atoms with Crippen LogP contribution in [0.2, 0.25) is 0 Å². The van der Waals surface area contributed by atoms with Gasteiger partial charge in [-0.05, 0) is 23.3 Å². The monoisotopic (exact) mass is 261 g/mol. The molecule has 2 heterocycles. The number of aromatic amines is 1. The van der Waals surface area contributed by atoms with Crippen molar-refractivity contribution in [2.75, 3.05) is 19.7 Å². The minimum Gasteiger partial charge on any atom is -0.393 e. The van der Waals surface area contributed by atoms with Crippen molar-refractivity contribution in [1.82, 2.24) is 15.1 Å². The zero-order valence-corrected chi connectivity index (χ0v) is 10.5. The first-order chi connectivity index (χ1) is 9.18. The summed E-state index contributed by atoms with van der Waals surface area (Å²) in [5.41, 5.74) is 1.78. The largest absolute Gasteiger partial charge is 0.393 e. The Morgan fingerprint density at radius 2 is 2.21 bits per heavy atom. The van der Waals surface area contributed by atoms with Crippen LogP contribution in [0.15, 0.2) is 36.5 Å². The van der Waals surface area contributed by atoms with Gasteiger partial charge in [-0.2, -0.15) is 5.10 Å². The number of likely N-dealkylation sites (tertiary alicyclic amines) is 1. The Balaban J connectivity index is 1.68. The molecule has 0 unspecified atom stereocenters. The van der Waals surface area contributed by atoms with Crippen LogP contribution in [0.4, 0.5) is 4.39 Å². The number of rotatable bonds is 4. The SMILES string of the molecule is OCC1(F)CN(Cc2cccc(-c3ccn[nH]3)c2)C1. The maximum absolute atomic E-state index is 13.6. The van der Waals surface area contributed by atoms with Gasteiger partial charge < -0.3 is 5.11 Å². The van der Waals surface area contributed by atoms with E-state index in [0.717, 1.165) is 16.8 Å². The van der Waals surface area contributed by atoms with Crippen LogP contribution in [0.1, 0.15) is 5.56 Å². The van der Waals surface area contributed by atoms with Gasteiger partial charge >= 0.3 is 0 Å². The predicted molar refractivity (Wildman–Crippen MR) is 70.2 cm³/mol. The lowest BCUT2D eigenvalue weighted by molar-refractivity contribution is -0.0706. The van der Waals surface area contributed by atoms with Crippen LogP contribution < -0.4 is 0 Å². The van der Waals surface area contributed by atoms with Crippen molar-refractivity contribution < 1.29 is 9.50 Å². The van der Waals surface area contributed by atoms with Gasteiger partial charge in [-0.3, -0.25) is 10.00 Å². The van der Waals surface area contributed by atoms with E-state index in [9.17, 15) is 4.39 Å². The van der Waals surface area contributed by atoms with Gasteiger partial charge in [0.25, 0.3) is 0 Å². The molecule has 1 aromatic heterocycles. The molecule has 0 atom stereocenters. The normalized spacial score (nSPS) is 18.2. The molecule has 0 bridgehead atoms. The Morgan fingerprint density at radius 1 is 1.37 bits per heavy atom. The molecule has 0 spiro atoms. The topological polar surface area (TPSA) is 52.1 Å². The van der Waals surface area contributed by atoms with Crippen LogP contribution in [0.5, 0.6) is 0 Å². The minimum atomic E-state index is -1.40. The molecule has 1 aliphatic rings. The van der Waals surface area contributed by atoms with Gasteiger partial charge in [0.05, 0.1) is 12.3 Å². The summed E-state index contributed by atoms with van der Waals surface area (Å²) in [5.74, 6) is 0. The van der Waals surface area contributed by atoms with E-state index in [0.29, 0.717) is 19.6 Å². The van der Waals surface area contributed by atoms with E-state index in [4.69, 9.17) is 5.11 Å². The molecule has 0 saturated carbocycles. The van der Waals surface area contributed by atoms with Crippen molar-refractivity contribution in [1.29, 1.82) is 0 Å². The molecule has 2 N–H and O–H groups in total. The van der Waals surface area contributed by atoms with Crippen LogP contribution in [0, 0.1) is 0 Å². The van der Waals surface area contributed by atoms with Gasteiger partial charge in [0, 0.05) is 25.8 Å². The number of aliphatic hydroxyl groups excluding tert-OH is 1. The molecule has 5 heteroatoms. The lowest BCUT2D eigenvalue weighted by Gasteiger charge is -2.43. The van der Waals surface area contributed by atoms with Crippen LogP contribution in [0.3, 0.4) is 0 Å². The van der Waals surface area contributed by atoms with E-state index >= 15 is 0 Å². The third kappa shape index (κ3) is 2.52. The number of nitrogens with zero attached hydrogens (tertiary/aromatic N) is 2. The molecular weight excluding hydrogens is 245 g/mol. The molecular formula is C14H16FN3O. The van der Waals surface area contributed by atoms with Crippen molar-refractivity contribution >= 4 is 0 Å². The quantitative estimate of drug-likeness (QED) is 0.879. The van der Waals surface area contributed by atoms with Crippen LogP contribution in [-0.2, 0) is 6.54 Å². The molecule has 0 aliphatic carbocycles. The second kappa shape index (κ2) is 4.75. The summed E-state index contributed by atoms with van der Waals surface area (Å²) >= 11 is 0. The Bertz CT molecular complexity index is 550. The Morgan fingerprint density at radius 3 is 2.89 bits per heavy atom. The van der Waals surface area contributed by atoms with E-state index < -0.39 is 12.3 Å². The zero-order chi connectivity index (χ0) is 13.3. The first kappa shape index (κ1) is 12.3. The maximum Gasteiger partial charge on any atom is 0.159 e. The van der Waals surface area contributed by atoms with Crippen LogP contribution in [0.25, 0.3) is 11.3 Å². The number of H-pyrrole nitrogens is 1. The van der Waals surface area contributed by atoms with Gasteiger partial charge in [0.2, 0.25) is 0 Å². The summed E-state index contributed by atoms with van der Waals surface area (Å²) < 4.78 is 13.6. The van der Waals surface area contributed by atoms with Gasteiger partial charge in [-0.1, -0.05) is 18.2 Å². The summed E-state index contributed by atoms with van der Waals surface area (Å²) in [6, 6.07) is 10.0. The smallest absolute Gasteiger partial charge is 0.159 e. The molecule has 1 fully saturated rings. The van der Waals surface area contributed by atoms with Crippen molar-refractivity contribution in [3.8, 4) is 11.3 Å². The maximum atomic E-state index is 13.6. The molecule has 100 valence electrons. The Kier molecular flexibility index (Phi) is 3.08. The second-order valence-corrected chi connectivity index (χ2v) is 5.12. The molecule has 1 aliphatic heterocycles. The number of halogens is 1. The van der Waals surface area contributed by atoms with Gasteiger partial charge in [-0.15, -0.1) is 0 Å². The third-order valence-corrected chi connectivity index (χ3v) is 3.44. The average Bonchev–Trinajstić information content (AvgIpc) is 2.91. The molecule has 1 saturated heterocycles. The molecule has 3 rings (SSSR count). The van der Waals surface area contributed by atoms with Crippen LogP contribution >= 0.6 is 0 Å². The van der Waals surface area contributed by atoms with E-state index in [1.165, 1.54) is 0 Å². The fraction of sp³-hybridized carbons (Fsp3) is 0.357. The highest BCUT2D eigenvalue weighted by Gasteiger charge is 2.42. The summed E-state index contributed by atoms with van der Waals surface area (Å²) in [6.45, 7) is 0.918. The average molecular weight is 261 g/mol. The number of nitrogens with one attached hydrogen (secondary N) is 1. The zero-order valence-electron chi connectivity index (χ0n) is 10.5. The summed E-state index contributed by atoms with van der Waals surface area (Å²) in [6.07, 6.45) is 1.72. The number of benzene rings is 1. The number of aromatic nitrogens is 2.